The molecule has 3 fully saturated rings. The zero-order valence-electron chi connectivity index (χ0n) is 11.6. The maximum atomic E-state index is 11.3. The van der Waals surface area contributed by atoms with Crippen LogP contribution in [0.1, 0.15) is 31.2 Å². The number of carbonyl (C=O) groups excluding carboxylic acids is 1. The minimum absolute atomic E-state index is 0.186. The number of aryl methyl sites for hydroxylation is 1. The van der Waals surface area contributed by atoms with Crippen LogP contribution in [0.3, 0.4) is 0 Å². The number of fused-ring (bicyclic) bond motifs is 4. The SMILES string of the molecule is Cn1ncc2cc(C34CCC(C=O)(CC3)CO4)ccc21. The first-order chi connectivity index (χ1) is 9.66. The Labute approximate surface area is 117 Å². The van der Waals surface area contributed by atoms with Gasteiger partial charge in [0.25, 0.3) is 0 Å². The van der Waals surface area contributed by atoms with Crippen LogP contribution < -0.4 is 0 Å². The molecule has 1 aromatic carbocycles. The first kappa shape index (κ1) is 12.1. The zero-order chi connectivity index (χ0) is 13.8. The summed E-state index contributed by atoms with van der Waals surface area (Å²) >= 11 is 0. The van der Waals surface area contributed by atoms with Gasteiger partial charge < -0.3 is 9.53 Å². The Morgan fingerprint density at radius 2 is 2.10 bits per heavy atom. The second-order valence-electron chi connectivity index (χ2n) is 6.30. The molecule has 4 nitrogen and oxygen atoms in total. The first-order valence-electron chi connectivity index (χ1n) is 7.19. The number of hydrogen-bond donors (Lipinski definition) is 0. The molecule has 1 aliphatic carbocycles. The monoisotopic (exact) mass is 270 g/mol. The molecule has 3 heterocycles. The van der Waals surface area contributed by atoms with Crippen molar-refractivity contribution in [1.29, 1.82) is 0 Å². The maximum Gasteiger partial charge on any atom is 0.128 e. The third-order valence-electron chi connectivity index (χ3n) is 5.21. The Kier molecular flexibility index (Phi) is 2.37. The fourth-order valence-corrected chi connectivity index (χ4v) is 3.69. The lowest BCUT2D eigenvalue weighted by Crippen LogP contribution is -2.49. The Bertz CT molecular complexity index is 664. The van der Waals surface area contributed by atoms with E-state index in [1.807, 2.05) is 17.9 Å². The van der Waals surface area contributed by atoms with Gasteiger partial charge in [0.15, 0.2) is 0 Å². The van der Waals surface area contributed by atoms with Gasteiger partial charge in [-0.1, -0.05) is 6.07 Å². The van der Waals surface area contributed by atoms with Crippen LogP contribution in [0, 0.1) is 5.41 Å². The van der Waals surface area contributed by atoms with E-state index in [-0.39, 0.29) is 11.0 Å². The van der Waals surface area contributed by atoms with Crippen molar-refractivity contribution < 1.29 is 9.53 Å². The van der Waals surface area contributed by atoms with Gasteiger partial charge in [0.2, 0.25) is 0 Å². The molecule has 20 heavy (non-hydrogen) atoms. The van der Waals surface area contributed by atoms with Gasteiger partial charge >= 0.3 is 0 Å². The van der Waals surface area contributed by atoms with Gasteiger partial charge in [0.1, 0.15) is 6.29 Å². The minimum Gasteiger partial charge on any atom is -0.369 e. The highest BCUT2D eigenvalue weighted by Gasteiger charge is 2.50. The number of ether oxygens (including phenoxy) is 1. The molecule has 1 saturated carbocycles. The predicted molar refractivity (Wildman–Crippen MR) is 75.3 cm³/mol. The Hall–Kier alpha value is -1.68. The molecule has 0 amide bonds. The molecular formula is C16H18N2O2. The number of aromatic nitrogens is 2. The van der Waals surface area contributed by atoms with E-state index in [4.69, 9.17) is 4.74 Å². The van der Waals surface area contributed by atoms with Crippen LogP contribution in [-0.2, 0) is 22.2 Å². The van der Waals surface area contributed by atoms with Crippen LogP contribution >= 0.6 is 0 Å². The van der Waals surface area contributed by atoms with Crippen LogP contribution in [0.15, 0.2) is 24.4 Å². The molecule has 1 aromatic heterocycles. The number of hydrogen-bond acceptors (Lipinski definition) is 3. The molecule has 104 valence electrons. The van der Waals surface area contributed by atoms with Crippen molar-refractivity contribution in [2.75, 3.05) is 6.61 Å². The van der Waals surface area contributed by atoms with Gasteiger partial charge in [-0.3, -0.25) is 4.68 Å². The molecule has 2 aliphatic heterocycles. The van der Waals surface area contributed by atoms with Crippen molar-refractivity contribution in [2.45, 2.75) is 31.3 Å². The van der Waals surface area contributed by atoms with Crippen molar-refractivity contribution in [3.05, 3.63) is 30.0 Å². The average Bonchev–Trinajstić information content (AvgIpc) is 2.90. The van der Waals surface area contributed by atoms with Crippen LogP contribution in [0.5, 0.6) is 0 Å². The van der Waals surface area contributed by atoms with E-state index in [0.29, 0.717) is 6.61 Å². The number of carbonyl (C=O) groups is 1. The highest BCUT2D eigenvalue weighted by atomic mass is 16.5. The van der Waals surface area contributed by atoms with Crippen molar-refractivity contribution >= 4 is 17.2 Å². The summed E-state index contributed by atoms with van der Waals surface area (Å²) in [6.07, 6.45) is 6.79. The number of nitrogens with zero attached hydrogens (tertiary/aromatic N) is 2. The van der Waals surface area contributed by atoms with Gasteiger partial charge in [-0.25, -0.2) is 0 Å². The van der Waals surface area contributed by atoms with Gasteiger partial charge in [0, 0.05) is 17.8 Å². The Balaban J connectivity index is 1.74. The third kappa shape index (κ3) is 1.51. The highest BCUT2D eigenvalue weighted by molar-refractivity contribution is 5.79. The summed E-state index contributed by atoms with van der Waals surface area (Å²) in [5.74, 6) is 0. The minimum atomic E-state index is -0.208. The Morgan fingerprint density at radius 1 is 1.30 bits per heavy atom. The highest BCUT2D eigenvalue weighted by Crippen LogP contribution is 2.52. The molecule has 2 aromatic rings. The van der Waals surface area contributed by atoms with Gasteiger partial charge in [-0.05, 0) is 43.4 Å². The molecule has 0 unspecified atom stereocenters. The molecule has 0 N–H and O–H groups in total. The average molecular weight is 270 g/mol. The summed E-state index contributed by atoms with van der Waals surface area (Å²) < 4.78 is 8.03. The lowest BCUT2D eigenvalue weighted by Gasteiger charge is -2.51. The van der Waals surface area contributed by atoms with E-state index in [2.05, 4.69) is 23.3 Å². The summed E-state index contributed by atoms with van der Waals surface area (Å²) in [7, 11) is 1.95. The quantitative estimate of drug-likeness (QED) is 0.788. The van der Waals surface area contributed by atoms with Crippen LogP contribution in [0.25, 0.3) is 10.9 Å². The van der Waals surface area contributed by atoms with E-state index in [1.54, 1.807) is 0 Å². The van der Waals surface area contributed by atoms with Crippen molar-refractivity contribution in [3.8, 4) is 0 Å². The van der Waals surface area contributed by atoms with E-state index in [1.165, 1.54) is 5.56 Å². The summed E-state index contributed by atoms with van der Waals surface area (Å²) in [6, 6.07) is 6.47. The van der Waals surface area contributed by atoms with Crippen LogP contribution in [-0.4, -0.2) is 22.7 Å². The largest absolute Gasteiger partial charge is 0.369 e. The standard InChI is InChI=1S/C16H18N2O2/c1-18-14-3-2-13(8-12(14)9-17-18)16-6-4-15(10-19,5-7-16)11-20-16/h2-3,8-10H,4-7,11H2,1H3. The van der Waals surface area contributed by atoms with E-state index in [0.717, 1.165) is 42.9 Å². The molecule has 4 heteroatoms. The first-order valence-corrected chi connectivity index (χ1v) is 7.19. The second-order valence-corrected chi connectivity index (χ2v) is 6.30. The fourth-order valence-electron chi connectivity index (χ4n) is 3.69. The Morgan fingerprint density at radius 3 is 2.75 bits per heavy atom. The lowest BCUT2D eigenvalue weighted by molar-refractivity contribution is -0.186. The van der Waals surface area contributed by atoms with E-state index < -0.39 is 0 Å². The van der Waals surface area contributed by atoms with Gasteiger partial charge in [0.05, 0.1) is 23.9 Å². The summed E-state index contributed by atoms with van der Waals surface area (Å²) in [5.41, 5.74) is 1.98. The van der Waals surface area contributed by atoms with Gasteiger partial charge in [-0.2, -0.15) is 5.10 Å². The summed E-state index contributed by atoms with van der Waals surface area (Å²) in [5, 5.41) is 5.45. The number of rotatable bonds is 2. The molecule has 0 radical (unpaired) electrons. The number of benzene rings is 1. The topological polar surface area (TPSA) is 44.1 Å². The maximum absolute atomic E-state index is 11.3. The van der Waals surface area contributed by atoms with Crippen LogP contribution in [0.2, 0.25) is 0 Å². The smallest absolute Gasteiger partial charge is 0.128 e. The summed E-state index contributed by atoms with van der Waals surface area (Å²) in [6.45, 7) is 0.571. The predicted octanol–water partition coefficient (Wildman–Crippen LogP) is 2.56. The normalized spacial score (nSPS) is 32.6. The third-order valence-corrected chi connectivity index (χ3v) is 5.21. The van der Waals surface area contributed by atoms with E-state index in [9.17, 15) is 4.79 Å². The molecule has 3 aliphatic rings. The lowest BCUT2D eigenvalue weighted by atomic mass is 9.65. The van der Waals surface area contributed by atoms with Crippen molar-refractivity contribution in [3.63, 3.8) is 0 Å². The van der Waals surface area contributed by atoms with Crippen molar-refractivity contribution in [2.24, 2.45) is 12.5 Å². The van der Waals surface area contributed by atoms with E-state index >= 15 is 0 Å². The molecule has 5 rings (SSSR count). The number of aldehydes is 1. The van der Waals surface area contributed by atoms with Crippen LogP contribution in [0.4, 0.5) is 0 Å². The molecule has 2 saturated heterocycles. The molecular weight excluding hydrogens is 252 g/mol. The molecule has 0 atom stereocenters. The van der Waals surface area contributed by atoms with Crippen molar-refractivity contribution in [1.82, 2.24) is 9.78 Å². The molecule has 0 spiro atoms. The fraction of sp³-hybridized carbons (Fsp3) is 0.500. The molecule has 2 bridgehead atoms. The van der Waals surface area contributed by atoms with Gasteiger partial charge in [-0.15, -0.1) is 0 Å². The zero-order valence-corrected chi connectivity index (χ0v) is 11.6. The summed E-state index contributed by atoms with van der Waals surface area (Å²) in [4.78, 5) is 11.3. The second kappa shape index (κ2) is 3.92.